The summed E-state index contributed by atoms with van der Waals surface area (Å²) >= 11 is 6.29. The number of nitrogens with zero attached hydrogens (tertiary/aromatic N) is 3. The quantitative estimate of drug-likeness (QED) is 0.388. The molecule has 1 aromatic carbocycles. The molecule has 1 heterocycles. The van der Waals surface area contributed by atoms with Gasteiger partial charge in [0.1, 0.15) is 5.01 Å². The minimum atomic E-state index is -0.864. The van der Waals surface area contributed by atoms with Crippen LogP contribution in [0.25, 0.3) is 10.6 Å². The van der Waals surface area contributed by atoms with Gasteiger partial charge < -0.3 is 0 Å². The van der Waals surface area contributed by atoms with Crippen LogP contribution in [-0.4, -0.2) is 32.7 Å². The number of nitro benzene ring substituents is 1. The van der Waals surface area contributed by atoms with E-state index in [1.807, 2.05) is 0 Å². The van der Waals surface area contributed by atoms with E-state index in [0.717, 1.165) is 11.3 Å². The van der Waals surface area contributed by atoms with Gasteiger partial charge in [-0.05, 0) is 12.1 Å². The number of carbonyl (C=O) groups excluding carboxylic acids is 2. The number of amides is 1. The summed E-state index contributed by atoms with van der Waals surface area (Å²) in [4.78, 5) is 32.4. The number of nitro groups is 1. The first-order valence-electron chi connectivity index (χ1n) is 5.49. The number of hydrogen-bond donors (Lipinski definition) is 1. The zero-order valence-electron chi connectivity index (χ0n) is 10.3. The molecule has 0 saturated heterocycles. The Bertz CT molecular complexity index is 701. The fourth-order valence-electron chi connectivity index (χ4n) is 1.34. The van der Waals surface area contributed by atoms with Gasteiger partial charge in [0, 0.05) is 17.7 Å². The monoisotopic (exact) mass is 326 g/mol. The van der Waals surface area contributed by atoms with E-state index in [2.05, 4.69) is 15.5 Å². The smallest absolute Gasteiger partial charge is 0.294 e. The zero-order valence-corrected chi connectivity index (χ0v) is 11.8. The maximum Gasteiger partial charge on any atom is 0.294 e. The summed E-state index contributed by atoms with van der Waals surface area (Å²) in [6, 6.07) is 5.72. The molecule has 0 radical (unpaired) electrons. The fourth-order valence-corrected chi connectivity index (χ4v) is 2.21. The summed E-state index contributed by atoms with van der Waals surface area (Å²) in [7, 11) is 0. The minimum Gasteiger partial charge on any atom is -0.294 e. The molecule has 0 saturated carbocycles. The SMILES string of the molecule is O=C(CCl)C(=O)Nc1nnc(-c2ccc([N+](=O)[O-])cc2)s1. The van der Waals surface area contributed by atoms with Crippen molar-refractivity contribution in [1.29, 1.82) is 0 Å². The second-order valence-electron chi connectivity index (χ2n) is 3.73. The normalized spacial score (nSPS) is 10.1. The standard InChI is InChI=1S/C11H7ClN4O4S/c12-5-8(17)9(18)13-11-15-14-10(21-11)6-1-3-7(4-2-6)16(19)20/h1-4H,5H2,(H,13,15,18). The Labute approximate surface area is 126 Å². The number of halogens is 1. The number of anilines is 1. The van der Waals surface area contributed by atoms with Crippen LogP contribution in [0.4, 0.5) is 10.8 Å². The Hall–Kier alpha value is -2.39. The predicted octanol–water partition coefficient (Wildman–Crippen LogP) is 1.86. The molecule has 108 valence electrons. The molecule has 0 aliphatic heterocycles. The number of aromatic nitrogens is 2. The van der Waals surface area contributed by atoms with E-state index >= 15 is 0 Å². The Balaban J connectivity index is 2.14. The second-order valence-corrected chi connectivity index (χ2v) is 4.97. The van der Waals surface area contributed by atoms with Crippen LogP contribution in [0.15, 0.2) is 24.3 Å². The summed E-state index contributed by atoms with van der Waals surface area (Å²) < 4.78 is 0. The average Bonchev–Trinajstić information content (AvgIpc) is 2.94. The van der Waals surface area contributed by atoms with Gasteiger partial charge in [0.25, 0.3) is 11.6 Å². The Morgan fingerprint density at radius 1 is 1.29 bits per heavy atom. The highest BCUT2D eigenvalue weighted by molar-refractivity contribution is 7.18. The van der Waals surface area contributed by atoms with Crippen LogP contribution in [0, 0.1) is 10.1 Å². The van der Waals surface area contributed by atoms with E-state index in [-0.39, 0.29) is 10.8 Å². The Morgan fingerprint density at radius 2 is 1.95 bits per heavy atom. The van der Waals surface area contributed by atoms with Gasteiger partial charge in [-0.15, -0.1) is 21.8 Å². The molecule has 0 atom stereocenters. The summed E-state index contributed by atoms with van der Waals surface area (Å²) in [5.41, 5.74) is 0.576. The number of alkyl halides is 1. The van der Waals surface area contributed by atoms with E-state index in [1.165, 1.54) is 24.3 Å². The Kier molecular flexibility index (Phi) is 4.55. The average molecular weight is 327 g/mol. The van der Waals surface area contributed by atoms with Gasteiger partial charge in [-0.1, -0.05) is 11.3 Å². The van der Waals surface area contributed by atoms with Crippen molar-refractivity contribution >= 4 is 45.4 Å². The lowest BCUT2D eigenvalue weighted by Crippen LogP contribution is -2.23. The van der Waals surface area contributed by atoms with Crippen molar-refractivity contribution in [2.24, 2.45) is 0 Å². The molecule has 0 fully saturated rings. The van der Waals surface area contributed by atoms with E-state index in [9.17, 15) is 19.7 Å². The molecule has 1 N–H and O–H groups in total. The first-order valence-corrected chi connectivity index (χ1v) is 6.85. The third-order valence-electron chi connectivity index (χ3n) is 2.35. The van der Waals surface area contributed by atoms with Crippen LogP contribution in [0.5, 0.6) is 0 Å². The van der Waals surface area contributed by atoms with Gasteiger partial charge in [0.2, 0.25) is 10.9 Å². The highest BCUT2D eigenvalue weighted by Gasteiger charge is 2.15. The summed E-state index contributed by atoms with van der Waals surface area (Å²) in [5.74, 6) is -2.06. The molecule has 21 heavy (non-hydrogen) atoms. The molecule has 2 rings (SSSR count). The van der Waals surface area contributed by atoms with Crippen LogP contribution >= 0.6 is 22.9 Å². The van der Waals surface area contributed by atoms with Gasteiger partial charge in [0.05, 0.1) is 10.8 Å². The van der Waals surface area contributed by atoms with E-state index in [1.54, 1.807) is 0 Å². The second kappa shape index (κ2) is 6.37. The molecule has 8 nitrogen and oxygen atoms in total. The van der Waals surface area contributed by atoms with E-state index < -0.39 is 22.5 Å². The molecule has 10 heteroatoms. The third-order valence-corrected chi connectivity index (χ3v) is 3.48. The van der Waals surface area contributed by atoms with Crippen molar-refractivity contribution in [3.8, 4) is 10.6 Å². The number of ketones is 1. The summed E-state index contributed by atoms with van der Waals surface area (Å²) in [6.45, 7) is 0. The van der Waals surface area contributed by atoms with Crippen LogP contribution in [-0.2, 0) is 9.59 Å². The number of nitrogens with one attached hydrogen (secondary N) is 1. The number of rotatable bonds is 5. The molecular formula is C11H7ClN4O4S. The highest BCUT2D eigenvalue weighted by atomic mass is 35.5. The number of hydrogen-bond acceptors (Lipinski definition) is 7. The first kappa shape index (κ1) is 15.0. The van der Waals surface area contributed by atoms with E-state index in [0.29, 0.717) is 10.6 Å². The molecule has 0 unspecified atom stereocenters. The van der Waals surface area contributed by atoms with Crippen LogP contribution in [0.2, 0.25) is 0 Å². The molecule has 0 aliphatic carbocycles. The fraction of sp³-hybridized carbons (Fsp3) is 0.0909. The van der Waals surface area contributed by atoms with Gasteiger partial charge in [-0.2, -0.15) is 0 Å². The first-order chi connectivity index (χ1) is 10.0. The van der Waals surface area contributed by atoms with Crippen molar-refractivity contribution in [3.05, 3.63) is 34.4 Å². The molecule has 0 aliphatic rings. The number of benzene rings is 1. The maximum absolute atomic E-state index is 11.3. The van der Waals surface area contributed by atoms with Gasteiger partial charge in [-0.3, -0.25) is 25.0 Å². The van der Waals surface area contributed by atoms with Crippen LogP contribution in [0.3, 0.4) is 0 Å². The molecule has 0 bridgehead atoms. The number of carbonyl (C=O) groups is 2. The van der Waals surface area contributed by atoms with Crippen LogP contribution in [0.1, 0.15) is 0 Å². The topological polar surface area (TPSA) is 115 Å². The van der Waals surface area contributed by atoms with Crippen molar-refractivity contribution in [2.45, 2.75) is 0 Å². The molecule has 1 amide bonds. The van der Waals surface area contributed by atoms with Gasteiger partial charge in [0.15, 0.2) is 0 Å². The van der Waals surface area contributed by atoms with Crippen molar-refractivity contribution < 1.29 is 14.5 Å². The van der Waals surface area contributed by atoms with Crippen molar-refractivity contribution in [1.82, 2.24) is 10.2 Å². The Morgan fingerprint density at radius 3 is 2.52 bits per heavy atom. The molecule has 1 aromatic heterocycles. The summed E-state index contributed by atoms with van der Waals surface area (Å²) in [5, 5.41) is 21.0. The van der Waals surface area contributed by atoms with Crippen LogP contribution < -0.4 is 5.32 Å². The van der Waals surface area contributed by atoms with Gasteiger partial charge in [-0.25, -0.2) is 0 Å². The highest BCUT2D eigenvalue weighted by Crippen LogP contribution is 2.27. The minimum absolute atomic E-state index is 0.0375. The van der Waals surface area contributed by atoms with Crippen molar-refractivity contribution in [2.75, 3.05) is 11.2 Å². The lowest BCUT2D eigenvalue weighted by molar-refractivity contribution is -0.384. The molecule has 0 spiro atoms. The zero-order chi connectivity index (χ0) is 15.4. The van der Waals surface area contributed by atoms with E-state index in [4.69, 9.17) is 11.6 Å². The largest absolute Gasteiger partial charge is 0.294 e. The van der Waals surface area contributed by atoms with Crippen molar-refractivity contribution in [3.63, 3.8) is 0 Å². The number of Topliss-reactive ketones (excluding diaryl/α,β-unsaturated/α-hetero) is 1. The van der Waals surface area contributed by atoms with Gasteiger partial charge >= 0.3 is 0 Å². The molecular weight excluding hydrogens is 320 g/mol. The maximum atomic E-state index is 11.3. The predicted molar refractivity (Wildman–Crippen MR) is 76.4 cm³/mol. The summed E-state index contributed by atoms with van der Waals surface area (Å²) in [6.07, 6.45) is 0. The number of non-ortho nitro benzene ring substituents is 1. The third kappa shape index (κ3) is 3.58. The lowest BCUT2D eigenvalue weighted by Gasteiger charge is -1.96. The molecule has 2 aromatic rings. The lowest BCUT2D eigenvalue weighted by atomic mass is 10.2.